The molecule has 0 aliphatic carbocycles. The van der Waals surface area contributed by atoms with Crippen LogP contribution < -0.4 is 5.32 Å². The lowest BCUT2D eigenvalue weighted by molar-refractivity contribution is 0.584. The second-order valence-corrected chi connectivity index (χ2v) is 6.30. The minimum Gasteiger partial charge on any atom is -0.314 e. The molecule has 1 aromatic carbocycles. The molecule has 0 unspecified atom stereocenters. The first-order valence-electron chi connectivity index (χ1n) is 6.89. The Morgan fingerprint density at radius 1 is 1.21 bits per heavy atom. The van der Waals surface area contributed by atoms with Crippen LogP contribution >= 0.6 is 11.3 Å². The molecule has 102 valence electrons. The van der Waals surface area contributed by atoms with Crippen molar-refractivity contribution < 1.29 is 0 Å². The van der Waals surface area contributed by atoms with Gasteiger partial charge in [-0.2, -0.15) is 0 Å². The van der Waals surface area contributed by atoms with Crippen molar-refractivity contribution in [1.29, 1.82) is 0 Å². The van der Waals surface area contributed by atoms with E-state index in [1.165, 1.54) is 27.6 Å². The minimum atomic E-state index is 0.733. The largest absolute Gasteiger partial charge is 0.314 e. The highest BCUT2D eigenvalue weighted by Gasteiger charge is 2.12. The van der Waals surface area contributed by atoms with E-state index in [4.69, 9.17) is 4.98 Å². The van der Waals surface area contributed by atoms with Gasteiger partial charge in [-0.3, -0.25) is 0 Å². The summed E-state index contributed by atoms with van der Waals surface area (Å²) in [6.07, 6.45) is 2.30. The van der Waals surface area contributed by atoms with Crippen LogP contribution in [0.1, 0.15) is 31.0 Å². The summed E-state index contributed by atoms with van der Waals surface area (Å²) in [5.41, 5.74) is 2.46. The van der Waals surface area contributed by atoms with Crippen molar-refractivity contribution in [2.75, 3.05) is 7.05 Å². The molecule has 0 aliphatic rings. The highest BCUT2D eigenvalue weighted by atomic mass is 32.1. The normalized spacial score (nSPS) is 11.2. The van der Waals surface area contributed by atoms with Gasteiger partial charge in [-0.25, -0.2) is 4.98 Å². The van der Waals surface area contributed by atoms with Crippen LogP contribution in [-0.4, -0.2) is 12.0 Å². The lowest BCUT2D eigenvalue weighted by atomic mass is 10.1. The second kappa shape index (κ2) is 6.83. The molecule has 2 rings (SSSR count). The summed E-state index contributed by atoms with van der Waals surface area (Å²) in [6, 6.07) is 10.6. The molecule has 3 heteroatoms. The second-order valence-electron chi connectivity index (χ2n) is 5.21. The predicted octanol–water partition coefficient (Wildman–Crippen LogP) is 4.12. The fourth-order valence-electron chi connectivity index (χ4n) is 2.02. The van der Waals surface area contributed by atoms with Gasteiger partial charge < -0.3 is 5.32 Å². The van der Waals surface area contributed by atoms with Crippen LogP contribution in [0.15, 0.2) is 30.3 Å². The van der Waals surface area contributed by atoms with Crippen LogP contribution in [0.3, 0.4) is 0 Å². The van der Waals surface area contributed by atoms with Crippen molar-refractivity contribution in [3.05, 3.63) is 41.0 Å². The molecule has 2 aromatic rings. The van der Waals surface area contributed by atoms with Crippen molar-refractivity contribution in [3.8, 4) is 10.4 Å². The van der Waals surface area contributed by atoms with E-state index in [2.05, 4.69) is 49.5 Å². The van der Waals surface area contributed by atoms with Gasteiger partial charge in [0.1, 0.15) is 0 Å². The monoisotopic (exact) mass is 274 g/mol. The standard InChI is InChI=1S/C16H22N2S/c1-12(2)9-10-15-18-14(11-17-3)16(19-15)13-7-5-4-6-8-13/h4-8,12,17H,9-11H2,1-3H3. The minimum absolute atomic E-state index is 0.733. The molecule has 1 N–H and O–H groups in total. The van der Waals surface area contributed by atoms with Gasteiger partial charge in [0.05, 0.1) is 15.6 Å². The molecular weight excluding hydrogens is 252 g/mol. The van der Waals surface area contributed by atoms with E-state index >= 15 is 0 Å². The fourth-order valence-corrected chi connectivity index (χ4v) is 3.12. The number of nitrogens with one attached hydrogen (secondary N) is 1. The maximum absolute atomic E-state index is 4.80. The Morgan fingerprint density at radius 3 is 2.58 bits per heavy atom. The predicted molar refractivity (Wildman–Crippen MR) is 83.5 cm³/mol. The first kappa shape index (κ1) is 14.2. The molecule has 0 saturated carbocycles. The zero-order valence-electron chi connectivity index (χ0n) is 11.9. The van der Waals surface area contributed by atoms with Crippen molar-refractivity contribution in [3.63, 3.8) is 0 Å². The van der Waals surface area contributed by atoms with Crippen molar-refractivity contribution in [1.82, 2.24) is 10.3 Å². The quantitative estimate of drug-likeness (QED) is 0.857. The molecule has 0 atom stereocenters. The van der Waals surface area contributed by atoms with Crippen LogP contribution in [0.25, 0.3) is 10.4 Å². The molecule has 1 aromatic heterocycles. The van der Waals surface area contributed by atoms with E-state index < -0.39 is 0 Å². The molecular formula is C16H22N2S. The van der Waals surface area contributed by atoms with Crippen molar-refractivity contribution in [2.24, 2.45) is 5.92 Å². The number of benzene rings is 1. The number of aryl methyl sites for hydroxylation is 1. The topological polar surface area (TPSA) is 24.9 Å². The molecule has 0 aliphatic heterocycles. The number of rotatable bonds is 6. The molecule has 19 heavy (non-hydrogen) atoms. The average molecular weight is 274 g/mol. The third kappa shape index (κ3) is 3.88. The zero-order chi connectivity index (χ0) is 13.7. The van der Waals surface area contributed by atoms with Gasteiger partial charge in [-0.05, 0) is 31.4 Å². The lowest BCUT2D eigenvalue weighted by Gasteiger charge is -2.00. The first-order chi connectivity index (χ1) is 9.20. The molecule has 2 nitrogen and oxygen atoms in total. The summed E-state index contributed by atoms with van der Waals surface area (Å²) in [6.45, 7) is 5.36. The number of thiazole rings is 1. The van der Waals surface area contributed by atoms with E-state index in [1.54, 1.807) is 0 Å². The molecule has 0 amide bonds. The Bertz CT molecular complexity index is 503. The molecule has 0 radical (unpaired) electrons. The van der Waals surface area contributed by atoms with E-state index in [-0.39, 0.29) is 0 Å². The Labute approximate surface area is 119 Å². The van der Waals surface area contributed by atoms with E-state index in [0.29, 0.717) is 0 Å². The summed E-state index contributed by atoms with van der Waals surface area (Å²) in [4.78, 5) is 6.12. The van der Waals surface area contributed by atoms with Gasteiger partial charge in [0.15, 0.2) is 0 Å². The highest BCUT2D eigenvalue weighted by Crippen LogP contribution is 2.31. The third-order valence-electron chi connectivity index (χ3n) is 3.06. The summed E-state index contributed by atoms with van der Waals surface area (Å²) in [5.74, 6) is 0.733. The van der Waals surface area contributed by atoms with E-state index in [0.717, 1.165) is 18.9 Å². The van der Waals surface area contributed by atoms with Gasteiger partial charge in [0.2, 0.25) is 0 Å². The maximum atomic E-state index is 4.80. The molecule has 0 fully saturated rings. The van der Waals surface area contributed by atoms with Gasteiger partial charge in [0, 0.05) is 6.54 Å². The van der Waals surface area contributed by atoms with Gasteiger partial charge in [0.25, 0.3) is 0 Å². The summed E-state index contributed by atoms with van der Waals surface area (Å²) in [7, 11) is 1.97. The molecule has 0 spiro atoms. The zero-order valence-corrected chi connectivity index (χ0v) is 12.8. The summed E-state index contributed by atoms with van der Waals surface area (Å²) in [5, 5.41) is 4.48. The van der Waals surface area contributed by atoms with E-state index in [9.17, 15) is 0 Å². The highest BCUT2D eigenvalue weighted by molar-refractivity contribution is 7.15. The van der Waals surface area contributed by atoms with E-state index in [1.807, 2.05) is 18.4 Å². The van der Waals surface area contributed by atoms with Crippen molar-refractivity contribution >= 4 is 11.3 Å². The van der Waals surface area contributed by atoms with Crippen LogP contribution in [-0.2, 0) is 13.0 Å². The number of nitrogens with zero attached hydrogens (tertiary/aromatic N) is 1. The fraction of sp³-hybridized carbons (Fsp3) is 0.438. The average Bonchev–Trinajstić information content (AvgIpc) is 2.81. The van der Waals surface area contributed by atoms with Crippen molar-refractivity contribution in [2.45, 2.75) is 33.2 Å². The van der Waals surface area contributed by atoms with Crippen LogP contribution in [0.5, 0.6) is 0 Å². The maximum Gasteiger partial charge on any atom is 0.0935 e. The summed E-state index contributed by atoms with van der Waals surface area (Å²) < 4.78 is 0. The van der Waals surface area contributed by atoms with Crippen LogP contribution in [0.4, 0.5) is 0 Å². The molecule has 0 bridgehead atoms. The molecule has 1 heterocycles. The first-order valence-corrected chi connectivity index (χ1v) is 7.71. The van der Waals surface area contributed by atoms with Gasteiger partial charge >= 0.3 is 0 Å². The van der Waals surface area contributed by atoms with Crippen LogP contribution in [0, 0.1) is 5.92 Å². The number of hydrogen-bond donors (Lipinski definition) is 1. The Kier molecular flexibility index (Phi) is 5.11. The lowest BCUT2D eigenvalue weighted by Crippen LogP contribution is -2.06. The Hall–Kier alpha value is -1.19. The Morgan fingerprint density at radius 2 is 1.95 bits per heavy atom. The summed E-state index contributed by atoms with van der Waals surface area (Å²) >= 11 is 1.84. The smallest absolute Gasteiger partial charge is 0.0935 e. The number of hydrogen-bond acceptors (Lipinski definition) is 3. The van der Waals surface area contributed by atoms with Crippen LogP contribution in [0.2, 0.25) is 0 Å². The number of aromatic nitrogens is 1. The van der Waals surface area contributed by atoms with Gasteiger partial charge in [-0.15, -0.1) is 11.3 Å². The van der Waals surface area contributed by atoms with Gasteiger partial charge in [-0.1, -0.05) is 44.2 Å². The Balaban J connectivity index is 2.25. The third-order valence-corrected chi connectivity index (χ3v) is 4.26. The molecule has 0 saturated heterocycles. The SMILES string of the molecule is CNCc1nc(CCC(C)C)sc1-c1ccccc1.